The highest BCUT2D eigenvalue weighted by Crippen LogP contribution is 2.63. The van der Waals surface area contributed by atoms with Crippen molar-refractivity contribution < 1.29 is 4.42 Å². The van der Waals surface area contributed by atoms with Crippen LogP contribution in [0.1, 0.15) is 22.3 Å². The molecule has 272 valence electrons. The third-order valence-electron chi connectivity index (χ3n) is 12.1. The van der Waals surface area contributed by atoms with Gasteiger partial charge in [0.05, 0.1) is 11.1 Å². The van der Waals surface area contributed by atoms with E-state index >= 15 is 0 Å². The molecular formula is C55H35NOS. The summed E-state index contributed by atoms with van der Waals surface area (Å²) in [5.74, 6) is 0. The van der Waals surface area contributed by atoms with Crippen LogP contribution in [0.5, 0.6) is 0 Å². The molecule has 1 aliphatic carbocycles. The molecule has 0 unspecified atom stereocenters. The lowest BCUT2D eigenvalue weighted by Gasteiger charge is -2.39. The Kier molecular flexibility index (Phi) is 7.41. The summed E-state index contributed by atoms with van der Waals surface area (Å²) in [6, 6.07) is 77.2. The zero-order valence-electron chi connectivity index (χ0n) is 31.5. The van der Waals surface area contributed by atoms with Crippen molar-refractivity contribution in [3.8, 4) is 33.4 Å². The van der Waals surface area contributed by atoms with E-state index in [1.54, 1.807) is 0 Å². The molecule has 1 spiro atoms. The molecule has 58 heavy (non-hydrogen) atoms. The van der Waals surface area contributed by atoms with E-state index in [0.717, 1.165) is 50.1 Å². The highest BCUT2D eigenvalue weighted by molar-refractivity contribution is 7.99. The van der Waals surface area contributed by atoms with E-state index in [2.05, 4.69) is 217 Å². The zero-order chi connectivity index (χ0) is 38.2. The SMILES string of the molecule is c1ccc(-c2ccc(N(c3ccccc3)c3ccccc3-c3cccc4oc5cc6c(cc5c34)-c3ccccc3C63c4ccccc4Sc4ccccc43)cc2)cc1. The lowest BCUT2D eigenvalue weighted by Crippen LogP contribution is -2.31. The number of hydrogen-bond acceptors (Lipinski definition) is 3. The third kappa shape index (κ3) is 4.81. The van der Waals surface area contributed by atoms with Gasteiger partial charge in [0.1, 0.15) is 11.2 Å². The van der Waals surface area contributed by atoms with Gasteiger partial charge in [-0.05, 0) is 111 Å². The summed E-state index contributed by atoms with van der Waals surface area (Å²) in [5.41, 5.74) is 17.1. The molecule has 10 aromatic rings. The second-order valence-electron chi connectivity index (χ2n) is 15.2. The molecule has 0 N–H and O–H groups in total. The van der Waals surface area contributed by atoms with Gasteiger partial charge >= 0.3 is 0 Å². The molecular weight excluding hydrogens is 723 g/mol. The number of rotatable bonds is 5. The fourth-order valence-corrected chi connectivity index (χ4v) is 10.9. The van der Waals surface area contributed by atoms with Crippen LogP contribution in [0.2, 0.25) is 0 Å². The number of para-hydroxylation sites is 2. The maximum atomic E-state index is 6.95. The highest BCUT2D eigenvalue weighted by Gasteiger charge is 2.50. The summed E-state index contributed by atoms with van der Waals surface area (Å²) in [5, 5.41) is 2.25. The molecule has 2 nitrogen and oxygen atoms in total. The van der Waals surface area contributed by atoms with Gasteiger partial charge < -0.3 is 9.32 Å². The van der Waals surface area contributed by atoms with Crippen LogP contribution in [-0.2, 0) is 5.41 Å². The largest absolute Gasteiger partial charge is 0.456 e. The van der Waals surface area contributed by atoms with Crippen molar-refractivity contribution in [3.63, 3.8) is 0 Å². The molecule has 0 amide bonds. The molecule has 0 saturated carbocycles. The second-order valence-corrected chi connectivity index (χ2v) is 16.2. The Morgan fingerprint density at radius 2 is 0.948 bits per heavy atom. The van der Waals surface area contributed by atoms with Crippen LogP contribution in [0.4, 0.5) is 17.1 Å². The molecule has 9 aromatic carbocycles. The van der Waals surface area contributed by atoms with Crippen LogP contribution in [-0.4, -0.2) is 0 Å². The number of nitrogens with zero attached hydrogens (tertiary/aromatic N) is 1. The lowest BCUT2D eigenvalue weighted by molar-refractivity contribution is 0.664. The number of hydrogen-bond donors (Lipinski definition) is 0. The first-order valence-electron chi connectivity index (χ1n) is 19.8. The molecule has 1 aliphatic heterocycles. The van der Waals surface area contributed by atoms with Crippen molar-refractivity contribution in [1.29, 1.82) is 0 Å². The minimum atomic E-state index is -0.459. The van der Waals surface area contributed by atoms with Crippen LogP contribution in [0.15, 0.2) is 227 Å². The molecule has 0 saturated heterocycles. The highest BCUT2D eigenvalue weighted by atomic mass is 32.2. The Balaban J connectivity index is 1.08. The van der Waals surface area contributed by atoms with Gasteiger partial charge in [0.15, 0.2) is 0 Å². The topological polar surface area (TPSA) is 16.4 Å². The summed E-state index contributed by atoms with van der Waals surface area (Å²) in [6.45, 7) is 0. The molecule has 0 radical (unpaired) electrons. The van der Waals surface area contributed by atoms with Crippen LogP contribution in [0.3, 0.4) is 0 Å². The average molecular weight is 758 g/mol. The minimum Gasteiger partial charge on any atom is -0.456 e. The molecule has 1 aromatic heterocycles. The van der Waals surface area contributed by atoms with Crippen molar-refractivity contribution in [2.24, 2.45) is 0 Å². The van der Waals surface area contributed by atoms with Crippen molar-refractivity contribution in [2.45, 2.75) is 15.2 Å². The maximum absolute atomic E-state index is 6.95. The number of furan rings is 1. The molecule has 2 heterocycles. The fraction of sp³-hybridized carbons (Fsp3) is 0.0182. The molecule has 0 atom stereocenters. The van der Waals surface area contributed by atoms with E-state index in [0.29, 0.717) is 0 Å². The predicted molar refractivity (Wildman–Crippen MR) is 241 cm³/mol. The maximum Gasteiger partial charge on any atom is 0.136 e. The van der Waals surface area contributed by atoms with Gasteiger partial charge in [-0.15, -0.1) is 0 Å². The van der Waals surface area contributed by atoms with Crippen molar-refractivity contribution in [2.75, 3.05) is 4.90 Å². The van der Waals surface area contributed by atoms with Gasteiger partial charge in [-0.2, -0.15) is 0 Å². The summed E-state index contributed by atoms with van der Waals surface area (Å²) in [6.07, 6.45) is 0. The minimum absolute atomic E-state index is 0.459. The number of anilines is 3. The van der Waals surface area contributed by atoms with E-state index in [4.69, 9.17) is 4.42 Å². The summed E-state index contributed by atoms with van der Waals surface area (Å²) in [4.78, 5) is 4.97. The fourth-order valence-electron chi connectivity index (χ4n) is 9.73. The van der Waals surface area contributed by atoms with Gasteiger partial charge in [0.2, 0.25) is 0 Å². The summed E-state index contributed by atoms with van der Waals surface area (Å²) >= 11 is 1.87. The van der Waals surface area contributed by atoms with Crippen LogP contribution in [0.25, 0.3) is 55.3 Å². The van der Waals surface area contributed by atoms with Crippen LogP contribution in [0, 0.1) is 0 Å². The molecule has 0 bridgehead atoms. The summed E-state index contributed by atoms with van der Waals surface area (Å²) < 4.78 is 6.95. The Morgan fingerprint density at radius 3 is 1.69 bits per heavy atom. The average Bonchev–Trinajstić information content (AvgIpc) is 3.80. The second kappa shape index (κ2) is 13.0. The van der Waals surface area contributed by atoms with Crippen molar-refractivity contribution >= 4 is 50.8 Å². The van der Waals surface area contributed by atoms with E-state index < -0.39 is 5.41 Å². The molecule has 2 aliphatic rings. The first-order valence-corrected chi connectivity index (χ1v) is 20.7. The zero-order valence-corrected chi connectivity index (χ0v) is 32.3. The Labute approximate surface area is 341 Å². The number of benzene rings is 9. The van der Waals surface area contributed by atoms with Gasteiger partial charge in [-0.3, -0.25) is 0 Å². The van der Waals surface area contributed by atoms with Gasteiger partial charge in [0.25, 0.3) is 0 Å². The monoisotopic (exact) mass is 757 g/mol. The van der Waals surface area contributed by atoms with Gasteiger partial charge in [0, 0.05) is 37.5 Å². The Hall–Kier alpha value is -7.07. The first-order chi connectivity index (χ1) is 28.8. The normalized spacial score (nSPS) is 13.2. The third-order valence-corrected chi connectivity index (χ3v) is 13.3. The van der Waals surface area contributed by atoms with Crippen molar-refractivity contribution in [1.82, 2.24) is 0 Å². The van der Waals surface area contributed by atoms with Gasteiger partial charge in [-0.1, -0.05) is 163 Å². The predicted octanol–water partition coefficient (Wildman–Crippen LogP) is 15.2. The lowest BCUT2D eigenvalue weighted by atomic mass is 9.67. The van der Waals surface area contributed by atoms with Crippen LogP contribution >= 0.6 is 11.8 Å². The van der Waals surface area contributed by atoms with E-state index in [1.807, 2.05) is 11.8 Å². The molecule has 3 heteroatoms. The quantitative estimate of drug-likeness (QED) is 0.174. The van der Waals surface area contributed by atoms with Crippen LogP contribution < -0.4 is 4.90 Å². The van der Waals surface area contributed by atoms with Crippen molar-refractivity contribution in [3.05, 3.63) is 235 Å². The Bertz CT molecular complexity index is 3160. The number of fused-ring (bicyclic) bond motifs is 12. The van der Waals surface area contributed by atoms with E-state index in [1.165, 1.54) is 54.3 Å². The first kappa shape index (κ1) is 33.1. The van der Waals surface area contributed by atoms with E-state index in [-0.39, 0.29) is 0 Å². The smallest absolute Gasteiger partial charge is 0.136 e. The summed E-state index contributed by atoms with van der Waals surface area (Å²) in [7, 11) is 0. The standard InChI is InChI=1S/C55H35NOS/c1-3-16-36(17-4-1)37-30-32-39(33-31-37)56(38-18-5-2-6-19-38)49-26-12-8-21-41(49)42-22-15-27-50-54(42)44-34-43-40-20-7-9-23-45(40)55(48(43)35-51(44)57-50)46-24-10-13-28-52(46)58-53-29-14-11-25-47(53)55/h1-35H. The van der Waals surface area contributed by atoms with Gasteiger partial charge in [-0.25, -0.2) is 0 Å². The van der Waals surface area contributed by atoms with E-state index in [9.17, 15) is 0 Å². The molecule has 12 rings (SSSR count). The Morgan fingerprint density at radius 1 is 0.379 bits per heavy atom. The molecule has 0 fully saturated rings.